The number of hydrogen-bond acceptors (Lipinski definition) is 3. The fraction of sp³-hybridized carbons (Fsp3) is 1.00. The van der Waals surface area contributed by atoms with E-state index in [0.717, 1.165) is 39.2 Å². The highest BCUT2D eigenvalue weighted by molar-refractivity contribution is 5.04. The van der Waals surface area contributed by atoms with Crippen molar-refractivity contribution in [2.24, 2.45) is 0 Å². The molecule has 2 aliphatic rings. The molecule has 2 heterocycles. The second-order valence-corrected chi connectivity index (χ2v) is 4.51. The summed E-state index contributed by atoms with van der Waals surface area (Å²) in [4.78, 5) is 0. The van der Waals surface area contributed by atoms with Gasteiger partial charge in [-0.1, -0.05) is 0 Å². The molecule has 0 aromatic carbocycles. The van der Waals surface area contributed by atoms with E-state index in [4.69, 9.17) is 9.47 Å². The normalized spacial score (nSPS) is 31.8. The summed E-state index contributed by atoms with van der Waals surface area (Å²) in [6, 6.07) is 0. The fourth-order valence-electron chi connectivity index (χ4n) is 2.42. The lowest BCUT2D eigenvalue weighted by Crippen LogP contribution is -2.66. The first-order valence-electron chi connectivity index (χ1n) is 5.13. The summed E-state index contributed by atoms with van der Waals surface area (Å²) in [5, 5.41) is 3.54. The molecular formula is C10H19NO2. The van der Waals surface area contributed by atoms with Crippen LogP contribution in [0.5, 0.6) is 0 Å². The van der Waals surface area contributed by atoms with E-state index in [1.165, 1.54) is 0 Å². The molecule has 0 unspecified atom stereocenters. The van der Waals surface area contributed by atoms with Crippen LogP contribution in [0.1, 0.15) is 26.7 Å². The quantitative estimate of drug-likeness (QED) is 0.609. The highest BCUT2D eigenvalue weighted by Crippen LogP contribution is 2.37. The maximum absolute atomic E-state index is 5.98. The van der Waals surface area contributed by atoms with Crippen molar-refractivity contribution in [3.8, 4) is 0 Å². The molecule has 3 nitrogen and oxygen atoms in total. The Kier molecular flexibility index (Phi) is 2.34. The Hall–Kier alpha value is -0.120. The first-order chi connectivity index (χ1) is 6.16. The molecule has 2 aliphatic heterocycles. The molecule has 1 spiro atoms. The predicted octanol–water partition coefficient (Wildman–Crippen LogP) is 0.934. The molecule has 1 N–H and O–H groups in total. The Balaban J connectivity index is 2.16. The summed E-state index contributed by atoms with van der Waals surface area (Å²) in [6.07, 6.45) is 2.04. The van der Waals surface area contributed by atoms with Crippen LogP contribution in [0.2, 0.25) is 0 Å². The molecule has 3 heteroatoms. The molecule has 2 rings (SSSR count). The summed E-state index contributed by atoms with van der Waals surface area (Å²) in [6.45, 7) is 7.95. The van der Waals surface area contributed by atoms with Gasteiger partial charge in [-0.15, -0.1) is 0 Å². The first-order valence-corrected chi connectivity index (χ1v) is 5.13. The van der Waals surface area contributed by atoms with E-state index in [9.17, 15) is 0 Å². The van der Waals surface area contributed by atoms with Gasteiger partial charge in [0.2, 0.25) is 0 Å². The van der Waals surface area contributed by atoms with E-state index < -0.39 is 0 Å². The van der Waals surface area contributed by atoms with Crippen molar-refractivity contribution in [3.63, 3.8) is 0 Å². The number of rotatable bonds is 0. The van der Waals surface area contributed by atoms with Crippen molar-refractivity contribution >= 4 is 0 Å². The van der Waals surface area contributed by atoms with Crippen LogP contribution in [-0.2, 0) is 9.47 Å². The Morgan fingerprint density at radius 3 is 2.38 bits per heavy atom. The molecule has 2 saturated heterocycles. The van der Waals surface area contributed by atoms with E-state index in [2.05, 4.69) is 19.2 Å². The monoisotopic (exact) mass is 185 g/mol. The third kappa shape index (κ3) is 1.49. The molecule has 2 fully saturated rings. The van der Waals surface area contributed by atoms with E-state index >= 15 is 0 Å². The van der Waals surface area contributed by atoms with Crippen molar-refractivity contribution in [2.45, 2.75) is 37.8 Å². The minimum absolute atomic E-state index is 0.0174. The van der Waals surface area contributed by atoms with E-state index in [0.29, 0.717) is 0 Å². The molecule has 0 radical (unpaired) electrons. The number of ether oxygens (including phenoxy) is 2. The molecule has 0 aliphatic carbocycles. The van der Waals surface area contributed by atoms with Crippen LogP contribution in [0.3, 0.4) is 0 Å². The van der Waals surface area contributed by atoms with Gasteiger partial charge in [-0.25, -0.2) is 0 Å². The van der Waals surface area contributed by atoms with E-state index in [-0.39, 0.29) is 11.1 Å². The molecule has 0 bridgehead atoms. The summed E-state index contributed by atoms with van der Waals surface area (Å²) in [5.41, 5.74) is 0.110. The van der Waals surface area contributed by atoms with Crippen molar-refractivity contribution in [3.05, 3.63) is 0 Å². The highest BCUT2D eigenvalue weighted by atomic mass is 16.5. The third-order valence-corrected chi connectivity index (χ3v) is 3.49. The van der Waals surface area contributed by atoms with Crippen molar-refractivity contribution in [1.82, 2.24) is 5.32 Å². The predicted molar refractivity (Wildman–Crippen MR) is 50.8 cm³/mol. The van der Waals surface area contributed by atoms with Crippen LogP contribution < -0.4 is 5.32 Å². The van der Waals surface area contributed by atoms with Gasteiger partial charge < -0.3 is 14.8 Å². The second-order valence-electron chi connectivity index (χ2n) is 4.51. The minimum Gasteiger partial charge on any atom is -0.381 e. The van der Waals surface area contributed by atoms with Crippen LogP contribution >= 0.6 is 0 Å². The van der Waals surface area contributed by atoms with Gasteiger partial charge in [0.1, 0.15) is 0 Å². The fourth-order valence-corrected chi connectivity index (χ4v) is 2.42. The van der Waals surface area contributed by atoms with Gasteiger partial charge in [-0.3, -0.25) is 0 Å². The van der Waals surface area contributed by atoms with Crippen LogP contribution in [0.25, 0.3) is 0 Å². The van der Waals surface area contributed by atoms with Crippen molar-refractivity contribution in [1.29, 1.82) is 0 Å². The number of hydrogen-bond donors (Lipinski definition) is 1. The van der Waals surface area contributed by atoms with Gasteiger partial charge >= 0.3 is 0 Å². The zero-order valence-electron chi connectivity index (χ0n) is 8.56. The smallest absolute Gasteiger partial charge is 0.0902 e. The van der Waals surface area contributed by atoms with Crippen LogP contribution in [0.15, 0.2) is 0 Å². The van der Waals surface area contributed by atoms with E-state index in [1.807, 2.05) is 0 Å². The molecular weight excluding hydrogens is 166 g/mol. The Morgan fingerprint density at radius 1 is 1.08 bits per heavy atom. The lowest BCUT2D eigenvalue weighted by atomic mass is 9.76. The summed E-state index contributed by atoms with van der Waals surface area (Å²) in [5.74, 6) is 0. The molecule has 0 aromatic heterocycles. The lowest BCUT2D eigenvalue weighted by Gasteiger charge is -2.52. The first kappa shape index (κ1) is 9.44. The Morgan fingerprint density at radius 2 is 1.77 bits per heavy atom. The van der Waals surface area contributed by atoms with Crippen LogP contribution in [0, 0.1) is 0 Å². The number of nitrogens with one attached hydrogen (secondary N) is 1. The maximum Gasteiger partial charge on any atom is 0.0902 e. The van der Waals surface area contributed by atoms with Gasteiger partial charge in [0.25, 0.3) is 0 Å². The van der Waals surface area contributed by atoms with Crippen LogP contribution in [-0.4, -0.2) is 37.5 Å². The van der Waals surface area contributed by atoms with Crippen LogP contribution in [0.4, 0.5) is 0 Å². The summed E-state index contributed by atoms with van der Waals surface area (Å²) in [7, 11) is 0. The molecule has 0 amide bonds. The summed E-state index contributed by atoms with van der Waals surface area (Å²) >= 11 is 0. The van der Waals surface area contributed by atoms with Gasteiger partial charge in [0.05, 0.1) is 12.2 Å². The largest absolute Gasteiger partial charge is 0.381 e. The molecule has 0 saturated carbocycles. The van der Waals surface area contributed by atoms with Crippen molar-refractivity contribution in [2.75, 3.05) is 26.4 Å². The van der Waals surface area contributed by atoms with Gasteiger partial charge in [0.15, 0.2) is 0 Å². The topological polar surface area (TPSA) is 30.5 Å². The van der Waals surface area contributed by atoms with E-state index in [1.54, 1.807) is 0 Å². The molecule has 0 aromatic rings. The average Bonchev–Trinajstić information content (AvgIpc) is 2.12. The Bertz CT molecular complexity index is 177. The molecule has 76 valence electrons. The third-order valence-electron chi connectivity index (χ3n) is 3.49. The molecule has 13 heavy (non-hydrogen) atoms. The minimum atomic E-state index is 0.0174. The second kappa shape index (κ2) is 3.23. The van der Waals surface area contributed by atoms with Gasteiger partial charge in [0, 0.05) is 38.1 Å². The van der Waals surface area contributed by atoms with Gasteiger partial charge in [-0.05, 0) is 13.8 Å². The summed E-state index contributed by atoms with van der Waals surface area (Å²) < 4.78 is 11.4. The molecule has 0 atom stereocenters. The Labute approximate surface area is 79.8 Å². The maximum atomic E-state index is 5.98. The SMILES string of the molecule is CC1(C)NCCOC12CCOCC2. The lowest BCUT2D eigenvalue weighted by molar-refractivity contribution is -0.172. The van der Waals surface area contributed by atoms with Crippen molar-refractivity contribution < 1.29 is 9.47 Å². The van der Waals surface area contributed by atoms with Gasteiger partial charge in [-0.2, -0.15) is 0 Å². The highest BCUT2D eigenvalue weighted by Gasteiger charge is 2.48. The average molecular weight is 185 g/mol. The number of morpholine rings is 1. The zero-order valence-corrected chi connectivity index (χ0v) is 8.56. The standard InChI is InChI=1S/C10H19NO2/c1-9(2)10(13-8-5-11-9)3-6-12-7-4-10/h11H,3-8H2,1-2H3. The zero-order chi connectivity index (χ0) is 9.36.